The zero-order valence-corrected chi connectivity index (χ0v) is 16.0. The zero-order valence-electron chi connectivity index (χ0n) is 12.7. The molecule has 0 spiro atoms. The molecule has 18 heavy (non-hydrogen) atoms. The van der Waals surface area contributed by atoms with E-state index < -0.39 is 4.07 Å². The summed E-state index contributed by atoms with van der Waals surface area (Å²) in [4.78, 5) is 0. The smallest absolute Gasteiger partial charge is 0.101 e. The fourth-order valence-corrected chi connectivity index (χ4v) is 10.1. The van der Waals surface area contributed by atoms with Crippen LogP contribution in [0.5, 0.6) is 0 Å². The van der Waals surface area contributed by atoms with Gasteiger partial charge in [0.25, 0.3) is 0 Å². The monoisotopic (exact) mass is 330 g/mol. The largest absolute Gasteiger partial charge is 0.143 e. The Hall–Kier alpha value is 1.44. The molecule has 0 saturated heterocycles. The third kappa shape index (κ3) is 5.44. The average molecular weight is 331 g/mol. The molecule has 0 aliphatic carbocycles. The second-order valence-electron chi connectivity index (χ2n) is 4.64. The summed E-state index contributed by atoms with van der Waals surface area (Å²) in [5, 5.41) is 0. The lowest BCUT2D eigenvalue weighted by molar-refractivity contribution is 0.681. The van der Waals surface area contributed by atoms with Crippen LogP contribution in [-0.4, -0.2) is 34.4 Å². The maximum atomic E-state index is 6.87. The quantitative estimate of drug-likeness (QED) is 0.308. The van der Waals surface area contributed by atoms with E-state index >= 15 is 0 Å². The molecule has 0 heterocycles. The van der Waals surface area contributed by atoms with Gasteiger partial charge in [0.15, 0.2) is 0 Å². The first kappa shape index (κ1) is 19.4. The second-order valence-corrected chi connectivity index (χ2v) is 12.7. The van der Waals surface area contributed by atoms with E-state index in [2.05, 4.69) is 34.6 Å². The molecule has 110 valence electrons. The number of alkyl halides is 2. The van der Waals surface area contributed by atoms with E-state index in [-0.39, 0.29) is 15.8 Å². The Bertz CT molecular complexity index is 202. The number of unbranched alkanes of at least 4 members (excludes halogenated alkanes) is 1. The standard InChI is InChI=1S/C14H30Cl2P2/c1-6-11-12-13(17(7-2)8-3)14(15,16)18(9-4)10-5/h13H,6-12H2,1-5H3. The van der Waals surface area contributed by atoms with E-state index in [4.69, 9.17) is 23.2 Å². The molecular formula is C14H30Cl2P2. The summed E-state index contributed by atoms with van der Waals surface area (Å²) in [5.41, 5.74) is 0.539. The molecule has 0 nitrogen and oxygen atoms in total. The number of hydrogen-bond acceptors (Lipinski definition) is 0. The van der Waals surface area contributed by atoms with Crippen LogP contribution in [0.2, 0.25) is 0 Å². The van der Waals surface area contributed by atoms with E-state index in [1.807, 2.05) is 0 Å². The summed E-state index contributed by atoms with van der Waals surface area (Å²) in [5.74, 6) is 0. The topological polar surface area (TPSA) is 0 Å². The van der Waals surface area contributed by atoms with Gasteiger partial charge in [-0.05, 0) is 31.1 Å². The third-order valence-corrected chi connectivity index (χ3v) is 12.0. The summed E-state index contributed by atoms with van der Waals surface area (Å²) in [6, 6.07) is 0. The van der Waals surface area contributed by atoms with Gasteiger partial charge in [0.1, 0.15) is 4.07 Å². The number of halogens is 2. The lowest BCUT2D eigenvalue weighted by Crippen LogP contribution is -2.30. The molecule has 0 saturated carbocycles. The molecule has 0 fully saturated rings. The van der Waals surface area contributed by atoms with Crippen LogP contribution in [0.3, 0.4) is 0 Å². The van der Waals surface area contributed by atoms with Gasteiger partial charge in [0.05, 0.1) is 0 Å². The van der Waals surface area contributed by atoms with Gasteiger partial charge in [-0.3, -0.25) is 0 Å². The van der Waals surface area contributed by atoms with Crippen molar-refractivity contribution in [3.63, 3.8) is 0 Å². The van der Waals surface area contributed by atoms with Crippen molar-refractivity contribution in [1.29, 1.82) is 0 Å². The van der Waals surface area contributed by atoms with Gasteiger partial charge in [-0.25, -0.2) is 0 Å². The molecule has 4 heteroatoms. The van der Waals surface area contributed by atoms with Gasteiger partial charge in [-0.2, -0.15) is 0 Å². The number of rotatable bonds is 10. The van der Waals surface area contributed by atoms with Gasteiger partial charge < -0.3 is 0 Å². The molecule has 0 N–H and O–H groups in total. The molecule has 0 rings (SSSR count). The van der Waals surface area contributed by atoms with Crippen molar-refractivity contribution in [3.05, 3.63) is 0 Å². The normalized spacial score (nSPS) is 14.5. The molecule has 0 amide bonds. The fourth-order valence-electron chi connectivity index (χ4n) is 2.49. The zero-order chi connectivity index (χ0) is 14.2. The Morgan fingerprint density at radius 1 is 0.889 bits per heavy atom. The summed E-state index contributed by atoms with van der Waals surface area (Å²) >= 11 is 13.7. The summed E-state index contributed by atoms with van der Waals surface area (Å²) < 4.78 is -0.453. The van der Waals surface area contributed by atoms with E-state index in [0.717, 1.165) is 12.3 Å². The third-order valence-electron chi connectivity index (χ3n) is 3.67. The van der Waals surface area contributed by atoms with E-state index in [9.17, 15) is 0 Å². The first-order valence-electron chi connectivity index (χ1n) is 7.36. The highest BCUT2D eigenvalue weighted by Gasteiger charge is 2.42. The molecule has 1 atom stereocenters. The predicted molar refractivity (Wildman–Crippen MR) is 93.8 cm³/mol. The first-order chi connectivity index (χ1) is 8.49. The minimum Gasteiger partial charge on any atom is -0.101 e. The summed E-state index contributed by atoms with van der Waals surface area (Å²) in [6.45, 7) is 11.3. The van der Waals surface area contributed by atoms with Crippen molar-refractivity contribution >= 4 is 39.0 Å². The van der Waals surface area contributed by atoms with E-state index in [1.165, 1.54) is 31.6 Å². The molecule has 0 bridgehead atoms. The summed E-state index contributed by atoms with van der Waals surface area (Å²) in [7, 11) is -0.263. The highest BCUT2D eigenvalue weighted by molar-refractivity contribution is 7.66. The van der Waals surface area contributed by atoms with Crippen LogP contribution in [0, 0.1) is 0 Å². The predicted octanol–water partition coefficient (Wildman–Crippen LogP) is 6.72. The molecule has 0 aromatic heterocycles. The Labute approximate surface area is 127 Å². The van der Waals surface area contributed by atoms with Crippen molar-refractivity contribution in [3.8, 4) is 0 Å². The second kappa shape index (κ2) is 10.2. The highest BCUT2D eigenvalue weighted by atomic mass is 35.5. The highest BCUT2D eigenvalue weighted by Crippen LogP contribution is 2.65. The van der Waals surface area contributed by atoms with Gasteiger partial charge in [-0.15, -0.1) is 7.92 Å². The SMILES string of the molecule is CCCCC(P(CC)CC)C(Cl)(Cl)P(CC)CC. The van der Waals surface area contributed by atoms with Crippen molar-refractivity contribution < 1.29 is 0 Å². The summed E-state index contributed by atoms with van der Waals surface area (Å²) in [6.07, 6.45) is 8.55. The van der Waals surface area contributed by atoms with Gasteiger partial charge >= 0.3 is 0 Å². The molecule has 0 aliphatic rings. The minimum absolute atomic E-state index is 0.0109. The van der Waals surface area contributed by atoms with Crippen LogP contribution >= 0.6 is 39.0 Å². The van der Waals surface area contributed by atoms with E-state index in [0.29, 0.717) is 5.66 Å². The molecule has 1 unspecified atom stereocenters. The Morgan fingerprint density at radius 3 is 1.72 bits per heavy atom. The Balaban J connectivity index is 5.00. The van der Waals surface area contributed by atoms with Gasteiger partial charge in [0.2, 0.25) is 0 Å². The first-order valence-corrected chi connectivity index (χ1v) is 11.6. The molecule has 0 aromatic rings. The lowest BCUT2D eigenvalue weighted by atomic mass is 10.2. The van der Waals surface area contributed by atoms with E-state index in [1.54, 1.807) is 0 Å². The molecule has 0 aromatic carbocycles. The van der Waals surface area contributed by atoms with Gasteiger partial charge in [-0.1, -0.05) is 78.6 Å². The Morgan fingerprint density at radius 2 is 1.39 bits per heavy atom. The van der Waals surface area contributed by atoms with Crippen LogP contribution in [0.15, 0.2) is 0 Å². The van der Waals surface area contributed by atoms with Gasteiger partial charge in [0, 0.05) is 5.66 Å². The Kier molecular flexibility index (Phi) is 11.0. The maximum absolute atomic E-state index is 6.87. The van der Waals surface area contributed by atoms with Crippen molar-refractivity contribution in [2.24, 2.45) is 0 Å². The van der Waals surface area contributed by atoms with Crippen LogP contribution in [0.4, 0.5) is 0 Å². The molecule has 0 radical (unpaired) electrons. The van der Waals surface area contributed by atoms with Crippen molar-refractivity contribution in [2.75, 3.05) is 24.6 Å². The van der Waals surface area contributed by atoms with Crippen molar-refractivity contribution in [1.82, 2.24) is 0 Å². The van der Waals surface area contributed by atoms with Crippen LogP contribution in [0.1, 0.15) is 53.9 Å². The maximum Gasteiger partial charge on any atom is 0.143 e. The van der Waals surface area contributed by atoms with Crippen LogP contribution in [0.25, 0.3) is 0 Å². The minimum atomic E-state index is -0.453. The average Bonchev–Trinajstić information content (AvgIpc) is 2.35. The van der Waals surface area contributed by atoms with Crippen LogP contribution < -0.4 is 0 Å². The molecule has 0 aliphatic heterocycles. The molecular weight excluding hydrogens is 301 g/mol. The fraction of sp³-hybridized carbons (Fsp3) is 1.00. The lowest BCUT2D eigenvalue weighted by Gasteiger charge is -2.40. The number of hydrogen-bond donors (Lipinski definition) is 0. The van der Waals surface area contributed by atoms with Crippen LogP contribution in [-0.2, 0) is 0 Å². The van der Waals surface area contributed by atoms with Crippen molar-refractivity contribution in [2.45, 2.75) is 63.6 Å².